The molecule has 0 aliphatic rings. The molecule has 0 saturated heterocycles. The largest absolute Gasteiger partial charge is 0.387 e. The summed E-state index contributed by atoms with van der Waals surface area (Å²) in [5, 5.41) is 21.4. The summed E-state index contributed by atoms with van der Waals surface area (Å²) in [6, 6.07) is 15.0. The Balaban J connectivity index is 2.18. The number of nitro benzene ring substituents is 1. The van der Waals surface area contributed by atoms with E-state index in [2.05, 4.69) is 15.9 Å². The highest BCUT2D eigenvalue weighted by Crippen LogP contribution is 2.25. The number of non-ortho nitro benzene ring substituents is 1. The number of rotatable bonds is 7. The predicted octanol–water partition coefficient (Wildman–Crippen LogP) is 3.61. The fraction of sp³-hybridized carbons (Fsp3) is 0.278. The van der Waals surface area contributed by atoms with Crippen LogP contribution in [-0.4, -0.2) is 32.7 Å². The van der Waals surface area contributed by atoms with E-state index in [1.54, 1.807) is 4.90 Å². The summed E-state index contributed by atoms with van der Waals surface area (Å²) in [5.41, 5.74) is 1.45. The highest BCUT2D eigenvalue weighted by atomic mass is 79.9. The quantitative estimate of drug-likeness (QED) is 0.432. The predicted molar refractivity (Wildman–Crippen MR) is 98.4 cm³/mol. The lowest BCUT2D eigenvalue weighted by Crippen LogP contribution is -2.37. The standard InChI is InChI=1S/C18H19BrN2O4/c1-13(14-5-3-2-4-6-14)20(18(23)11-19)12-17(22)15-7-9-16(10-8-15)21(24)25/h2-10,13,17,22H,11-12H2,1H3/t13-,17+/m1/s1. The van der Waals surface area contributed by atoms with Gasteiger partial charge in [0.05, 0.1) is 28.9 Å². The highest BCUT2D eigenvalue weighted by molar-refractivity contribution is 9.09. The van der Waals surface area contributed by atoms with Crippen molar-refractivity contribution in [2.45, 2.75) is 19.1 Å². The van der Waals surface area contributed by atoms with Gasteiger partial charge in [-0.2, -0.15) is 0 Å². The number of halogens is 1. The van der Waals surface area contributed by atoms with Gasteiger partial charge in [0.1, 0.15) is 0 Å². The molecule has 1 N–H and O–H groups in total. The molecule has 0 unspecified atom stereocenters. The zero-order chi connectivity index (χ0) is 18.4. The molecule has 2 aromatic carbocycles. The van der Waals surface area contributed by atoms with Crippen molar-refractivity contribution in [1.82, 2.24) is 4.90 Å². The van der Waals surface area contributed by atoms with Crippen molar-refractivity contribution >= 4 is 27.5 Å². The van der Waals surface area contributed by atoms with Crippen LogP contribution in [-0.2, 0) is 4.79 Å². The minimum atomic E-state index is -0.935. The first-order chi connectivity index (χ1) is 11.9. The van der Waals surface area contributed by atoms with Crippen LogP contribution >= 0.6 is 15.9 Å². The van der Waals surface area contributed by atoms with Crippen molar-refractivity contribution in [2.75, 3.05) is 11.9 Å². The smallest absolute Gasteiger partial charge is 0.269 e. The van der Waals surface area contributed by atoms with Crippen molar-refractivity contribution < 1.29 is 14.8 Å². The van der Waals surface area contributed by atoms with E-state index in [1.807, 2.05) is 37.3 Å². The number of nitrogens with zero attached hydrogens (tertiary/aromatic N) is 2. The number of carbonyl (C=O) groups is 1. The molecule has 0 fully saturated rings. The fourth-order valence-electron chi connectivity index (χ4n) is 2.57. The van der Waals surface area contributed by atoms with Gasteiger partial charge in [-0.25, -0.2) is 0 Å². The number of aliphatic hydroxyl groups is 1. The molecular weight excluding hydrogens is 388 g/mol. The van der Waals surface area contributed by atoms with Gasteiger partial charge >= 0.3 is 0 Å². The lowest BCUT2D eigenvalue weighted by Gasteiger charge is -2.31. The van der Waals surface area contributed by atoms with Crippen molar-refractivity contribution in [1.29, 1.82) is 0 Å². The van der Waals surface area contributed by atoms with Gasteiger partial charge < -0.3 is 10.0 Å². The summed E-state index contributed by atoms with van der Waals surface area (Å²) in [4.78, 5) is 24.1. The fourth-order valence-corrected chi connectivity index (χ4v) is 2.90. The molecule has 0 spiro atoms. The molecule has 1 amide bonds. The number of benzene rings is 2. The van der Waals surface area contributed by atoms with Crippen LogP contribution in [0.2, 0.25) is 0 Å². The number of carbonyl (C=O) groups excluding carboxylic acids is 1. The third-order valence-corrected chi connectivity index (χ3v) is 4.52. The Bertz CT molecular complexity index is 722. The van der Waals surface area contributed by atoms with Gasteiger partial charge in [0.2, 0.25) is 5.91 Å². The Morgan fingerprint density at radius 1 is 1.16 bits per heavy atom. The second-order valence-electron chi connectivity index (χ2n) is 5.63. The van der Waals surface area contributed by atoms with Crippen LogP contribution < -0.4 is 0 Å². The maximum Gasteiger partial charge on any atom is 0.269 e. The lowest BCUT2D eigenvalue weighted by atomic mass is 10.0. The molecule has 0 aliphatic heterocycles. The molecule has 0 bridgehead atoms. The molecule has 25 heavy (non-hydrogen) atoms. The van der Waals surface area contributed by atoms with E-state index in [4.69, 9.17) is 0 Å². The van der Waals surface area contributed by atoms with Crippen LogP contribution in [0, 0.1) is 10.1 Å². The Morgan fingerprint density at radius 2 is 1.76 bits per heavy atom. The Kier molecular flexibility index (Phi) is 6.66. The SMILES string of the molecule is C[C@H](c1ccccc1)N(C[C@H](O)c1ccc([N+](=O)[O-])cc1)C(=O)CBr. The molecule has 6 nitrogen and oxygen atoms in total. The van der Waals surface area contributed by atoms with Gasteiger partial charge in [0, 0.05) is 12.1 Å². The third-order valence-electron chi connectivity index (χ3n) is 4.04. The van der Waals surface area contributed by atoms with Crippen molar-refractivity contribution in [2.24, 2.45) is 0 Å². The maximum absolute atomic E-state index is 12.3. The zero-order valence-electron chi connectivity index (χ0n) is 13.7. The molecule has 2 rings (SSSR count). The summed E-state index contributed by atoms with van der Waals surface area (Å²) in [5.74, 6) is -0.141. The topological polar surface area (TPSA) is 83.7 Å². The highest BCUT2D eigenvalue weighted by Gasteiger charge is 2.24. The van der Waals surface area contributed by atoms with E-state index in [0.29, 0.717) is 5.56 Å². The van der Waals surface area contributed by atoms with E-state index >= 15 is 0 Å². The summed E-state index contributed by atoms with van der Waals surface area (Å²) < 4.78 is 0. The molecule has 0 radical (unpaired) electrons. The maximum atomic E-state index is 12.3. The van der Waals surface area contributed by atoms with E-state index < -0.39 is 11.0 Å². The molecular formula is C18H19BrN2O4. The van der Waals surface area contributed by atoms with Crippen LogP contribution in [0.25, 0.3) is 0 Å². The number of hydrogen-bond acceptors (Lipinski definition) is 4. The molecule has 2 aromatic rings. The van der Waals surface area contributed by atoms with E-state index in [0.717, 1.165) is 5.56 Å². The van der Waals surface area contributed by atoms with Crippen LogP contribution in [0.4, 0.5) is 5.69 Å². The van der Waals surface area contributed by atoms with Crippen LogP contribution in [0.5, 0.6) is 0 Å². The van der Waals surface area contributed by atoms with Gasteiger partial charge in [-0.15, -0.1) is 0 Å². The van der Waals surface area contributed by atoms with Gasteiger partial charge in [0.25, 0.3) is 5.69 Å². The van der Waals surface area contributed by atoms with Crippen molar-refractivity contribution in [3.05, 3.63) is 75.8 Å². The third kappa shape index (κ3) is 4.87. The molecule has 0 heterocycles. The van der Waals surface area contributed by atoms with E-state index in [-0.39, 0.29) is 29.5 Å². The molecule has 0 aliphatic carbocycles. The Hall–Kier alpha value is -2.25. The van der Waals surface area contributed by atoms with Gasteiger partial charge in [-0.05, 0) is 30.2 Å². The summed E-state index contributed by atoms with van der Waals surface area (Å²) in [6.45, 7) is 2.00. The normalized spacial score (nSPS) is 13.1. The molecule has 132 valence electrons. The number of alkyl halides is 1. The number of nitro groups is 1. The van der Waals surface area contributed by atoms with Crippen molar-refractivity contribution in [3.8, 4) is 0 Å². The molecule has 2 atom stereocenters. The van der Waals surface area contributed by atoms with E-state index in [9.17, 15) is 20.0 Å². The van der Waals surface area contributed by atoms with Crippen molar-refractivity contribution in [3.63, 3.8) is 0 Å². The zero-order valence-corrected chi connectivity index (χ0v) is 15.3. The summed E-state index contributed by atoms with van der Waals surface area (Å²) in [6.07, 6.45) is -0.935. The monoisotopic (exact) mass is 406 g/mol. The second-order valence-corrected chi connectivity index (χ2v) is 6.19. The Morgan fingerprint density at radius 3 is 2.28 bits per heavy atom. The van der Waals surface area contributed by atoms with Gasteiger partial charge in [0.15, 0.2) is 0 Å². The van der Waals surface area contributed by atoms with Crippen LogP contribution in [0.1, 0.15) is 30.2 Å². The summed E-state index contributed by atoms with van der Waals surface area (Å²) >= 11 is 3.18. The summed E-state index contributed by atoms with van der Waals surface area (Å²) in [7, 11) is 0. The molecule has 0 saturated carbocycles. The first kappa shape index (κ1) is 19.1. The van der Waals surface area contributed by atoms with Gasteiger partial charge in [-0.1, -0.05) is 46.3 Å². The molecule has 7 heteroatoms. The minimum absolute atomic E-state index is 0.0398. The van der Waals surface area contributed by atoms with E-state index in [1.165, 1.54) is 24.3 Å². The molecule has 0 aromatic heterocycles. The number of amides is 1. The van der Waals surface area contributed by atoms with Crippen LogP contribution in [0.3, 0.4) is 0 Å². The Labute approximate surface area is 154 Å². The first-order valence-electron chi connectivity index (χ1n) is 7.76. The minimum Gasteiger partial charge on any atom is -0.387 e. The average Bonchev–Trinajstić information content (AvgIpc) is 2.65. The average molecular weight is 407 g/mol. The first-order valence-corrected chi connectivity index (χ1v) is 8.89. The van der Waals surface area contributed by atoms with Gasteiger partial charge in [-0.3, -0.25) is 14.9 Å². The lowest BCUT2D eigenvalue weighted by molar-refractivity contribution is -0.384. The second kappa shape index (κ2) is 8.73. The number of aliphatic hydroxyl groups excluding tert-OH is 1. The number of hydrogen-bond donors (Lipinski definition) is 1. The van der Waals surface area contributed by atoms with Crippen LogP contribution in [0.15, 0.2) is 54.6 Å².